The van der Waals surface area contributed by atoms with Crippen LogP contribution in [-0.2, 0) is 11.2 Å². The fourth-order valence-electron chi connectivity index (χ4n) is 3.46. The van der Waals surface area contributed by atoms with Crippen molar-refractivity contribution in [1.82, 2.24) is 9.88 Å². The molecule has 1 fully saturated rings. The van der Waals surface area contributed by atoms with E-state index in [4.69, 9.17) is 6.42 Å². The summed E-state index contributed by atoms with van der Waals surface area (Å²) in [5.74, 6) is 2.79. The number of Topliss-reactive ketones (excluding diaryl/α,β-unsaturated/α-hetero) is 1. The van der Waals surface area contributed by atoms with Crippen molar-refractivity contribution in [3.63, 3.8) is 0 Å². The molecule has 2 heterocycles. The number of likely N-dealkylation sites (tertiary alicyclic amines) is 1. The number of hydrogen-bond donors (Lipinski definition) is 1. The molecule has 5 nitrogen and oxygen atoms in total. The summed E-state index contributed by atoms with van der Waals surface area (Å²) < 4.78 is 0. The van der Waals surface area contributed by atoms with Gasteiger partial charge >= 0.3 is 0 Å². The second-order valence-corrected chi connectivity index (χ2v) is 8.48. The normalized spacial score (nSPS) is 21.1. The molecule has 0 unspecified atom stereocenters. The van der Waals surface area contributed by atoms with Gasteiger partial charge in [-0.05, 0) is 37.8 Å². The quantitative estimate of drug-likeness (QED) is 0.856. The predicted molar refractivity (Wildman–Crippen MR) is 95.2 cm³/mol. The maximum Gasteiger partial charge on any atom is 0.229 e. The molecule has 0 bridgehead atoms. The summed E-state index contributed by atoms with van der Waals surface area (Å²) in [7, 11) is 0. The van der Waals surface area contributed by atoms with Crippen molar-refractivity contribution in [2.24, 2.45) is 11.3 Å². The van der Waals surface area contributed by atoms with E-state index < -0.39 is 0 Å². The fraction of sp³-hybridized carbons (Fsp3) is 0.611. The number of carbonyl (C=O) groups is 2. The molecule has 0 saturated carbocycles. The van der Waals surface area contributed by atoms with Crippen LogP contribution in [-0.4, -0.2) is 41.2 Å². The van der Waals surface area contributed by atoms with Gasteiger partial charge in [-0.1, -0.05) is 31.1 Å². The lowest BCUT2D eigenvalue weighted by molar-refractivity contribution is -0.121. The lowest BCUT2D eigenvalue weighted by atomic mass is 9.78. The number of rotatable bonds is 3. The topological polar surface area (TPSA) is 62.3 Å². The molecule has 1 aromatic heterocycles. The van der Waals surface area contributed by atoms with E-state index in [1.165, 1.54) is 11.3 Å². The lowest BCUT2D eigenvalue weighted by Gasteiger charge is -2.29. The van der Waals surface area contributed by atoms with Crippen LogP contribution in [0.5, 0.6) is 0 Å². The molecule has 0 aromatic carbocycles. The molecule has 1 aliphatic carbocycles. The Hall–Kier alpha value is -1.71. The SMILES string of the molecule is C#CCN1CCC(C(=O)Nc2nc3c(s2)C(=O)CC(C)(C)C3)CC1. The van der Waals surface area contributed by atoms with Crippen molar-refractivity contribution in [2.45, 2.75) is 39.5 Å². The van der Waals surface area contributed by atoms with Gasteiger partial charge in [0.25, 0.3) is 0 Å². The number of carbonyl (C=O) groups excluding carboxylic acids is 2. The molecular formula is C18H23N3O2S. The second-order valence-electron chi connectivity index (χ2n) is 7.48. The lowest BCUT2D eigenvalue weighted by Crippen LogP contribution is -2.38. The van der Waals surface area contributed by atoms with Crippen molar-refractivity contribution in [2.75, 3.05) is 25.0 Å². The molecule has 0 radical (unpaired) electrons. The molecule has 128 valence electrons. The zero-order valence-corrected chi connectivity index (χ0v) is 15.0. The molecule has 0 atom stereocenters. The van der Waals surface area contributed by atoms with Gasteiger partial charge in [-0.15, -0.1) is 6.42 Å². The number of terminal acetylenes is 1. The third-order valence-corrected chi connectivity index (χ3v) is 5.79. The second kappa shape index (κ2) is 6.66. The van der Waals surface area contributed by atoms with E-state index in [0.29, 0.717) is 23.0 Å². The molecule has 1 aliphatic heterocycles. The first-order valence-corrected chi connectivity index (χ1v) is 9.19. The molecule has 6 heteroatoms. The smallest absolute Gasteiger partial charge is 0.229 e. The summed E-state index contributed by atoms with van der Waals surface area (Å²) in [5.41, 5.74) is 0.781. The highest BCUT2D eigenvalue weighted by molar-refractivity contribution is 7.17. The van der Waals surface area contributed by atoms with Crippen LogP contribution in [0.1, 0.15) is 48.5 Å². The van der Waals surface area contributed by atoms with Gasteiger partial charge in [0.2, 0.25) is 5.91 Å². The molecular weight excluding hydrogens is 322 g/mol. The number of nitrogens with one attached hydrogen (secondary N) is 1. The van der Waals surface area contributed by atoms with Crippen molar-refractivity contribution in [1.29, 1.82) is 0 Å². The van der Waals surface area contributed by atoms with Gasteiger partial charge in [-0.3, -0.25) is 14.5 Å². The van der Waals surface area contributed by atoms with E-state index in [0.717, 1.165) is 38.0 Å². The van der Waals surface area contributed by atoms with Crippen molar-refractivity contribution in [3.05, 3.63) is 10.6 Å². The maximum absolute atomic E-state index is 12.5. The number of ketones is 1. The highest BCUT2D eigenvalue weighted by atomic mass is 32.1. The Morgan fingerprint density at radius 1 is 1.42 bits per heavy atom. The number of amides is 1. The van der Waals surface area contributed by atoms with Crippen LogP contribution in [0.2, 0.25) is 0 Å². The summed E-state index contributed by atoms with van der Waals surface area (Å²) in [5, 5.41) is 3.48. The number of piperidine rings is 1. The molecule has 1 N–H and O–H groups in total. The number of thiazole rings is 1. The van der Waals surface area contributed by atoms with Gasteiger partial charge in [-0.2, -0.15) is 0 Å². The van der Waals surface area contributed by atoms with Gasteiger partial charge in [0, 0.05) is 12.3 Å². The van der Waals surface area contributed by atoms with E-state index in [1.807, 2.05) is 0 Å². The average molecular weight is 345 g/mol. The maximum atomic E-state index is 12.5. The number of nitrogens with zero attached hydrogens (tertiary/aromatic N) is 2. The molecule has 24 heavy (non-hydrogen) atoms. The minimum absolute atomic E-state index is 0.00732. The highest BCUT2D eigenvalue weighted by Gasteiger charge is 2.34. The number of aromatic nitrogens is 1. The molecule has 1 saturated heterocycles. The van der Waals surface area contributed by atoms with E-state index in [2.05, 4.69) is 35.0 Å². The Bertz CT molecular complexity index is 694. The van der Waals surface area contributed by atoms with Crippen LogP contribution < -0.4 is 5.32 Å². The largest absolute Gasteiger partial charge is 0.302 e. The van der Waals surface area contributed by atoms with Crippen LogP contribution in [0, 0.1) is 23.7 Å². The first kappa shape index (κ1) is 17.1. The summed E-state index contributed by atoms with van der Waals surface area (Å²) in [6.45, 7) is 6.50. The Morgan fingerprint density at radius 3 is 2.79 bits per heavy atom. The van der Waals surface area contributed by atoms with Crippen LogP contribution in [0.15, 0.2) is 0 Å². The van der Waals surface area contributed by atoms with Gasteiger partial charge in [-0.25, -0.2) is 4.98 Å². The monoisotopic (exact) mass is 345 g/mol. The minimum Gasteiger partial charge on any atom is -0.302 e. The number of anilines is 1. The third-order valence-electron chi connectivity index (χ3n) is 4.74. The van der Waals surface area contributed by atoms with Gasteiger partial charge in [0.1, 0.15) is 0 Å². The Labute approximate surface area is 146 Å². The Morgan fingerprint density at radius 2 is 2.12 bits per heavy atom. The van der Waals surface area contributed by atoms with Crippen molar-refractivity contribution >= 4 is 28.2 Å². The Balaban J connectivity index is 1.62. The van der Waals surface area contributed by atoms with Gasteiger partial charge < -0.3 is 5.32 Å². The molecule has 2 aliphatic rings. The van der Waals surface area contributed by atoms with Gasteiger partial charge in [0.15, 0.2) is 10.9 Å². The zero-order chi connectivity index (χ0) is 17.3. The highest BCUT2D eigenvalue weighted by Crippen LogP contribution is 2.38. The summed E-state index contributed by atoms with van der Waals surface area (Å²) in [6, 6.07) is 0. The zero-order valence-electron chi connectivity index (χ0n) is 14.2. The summed E-state index contributed by atoms with van der Waals surface area (Å²) in [6.07, 6.45) is 8.28. The first-order chi connectivity index (χ1) is 11.4. The minimum atomic E-state index is -0.0523. The number of hydrogen-bond acceptors (Lipinski definition) is 5. The van der Waals surface area contributed by atoms with E-state index >= 15 is 0 Å². The fourth-order valence-corrected chi connectivity index (χ4v) is 4.39. The van der Waals surface area contributed by atoms with Crippen molar-refractivity contribution < 1.29 is 9.59 Å². The molecule has 1 aromatic rings. The van der Waals surface area contributed by atoms with Crippen LogP contribution in [0.4, 0.5) is 5.13 Å². The van der Waals surface area contributed by atoms with Crippen LogP contribution in [0.25, 0.3) is 0 Å². The number of fused-ring (bicyclic) bond motifs is 1. The average Bonchev–Trinajstić information content (AvgIpc) is 2.89. The van der Waals surface area contributed by atoms with Crippen molar-refractivity contribution in [3.8, 4) is 12.3 Å². The third kappa shape index (κ3) is 3.68. The molecule has 1 amide bonds. The van der Waals surface area contributed by atoms with E-state index in [-0.39, 0.29) is 23.0 Å². The standard InChI is InChI=1S/C18H23N3O2S/c1-4-7-21-8-5-12(6-9-21)16(23)20-17-19-13-10-18(2,3)11-14(22)15(13)24-17/h1,12H,5-11H2,2-3H3,(H,19,20,23). The van der Waals surface area contributed by atoms with Gasteiger partial charge in [0.05, 0.1) is 17.1 Å². The van der Waals surface area contributed by atoms with Crippen LogP contribution in [0.3, 0.4) is 0 Å². The molecule has 0 spiro atoms. The first-order valence-electron chi connectivity index (χ1n) is 8.37. The van der Waals surface area contributed by atoms with E-state index in [9.17, 15) is 9.59 Å². The van der Waals surface area contributed by atoms with E-state index in [1.54, 1.807) is 0 Å². The predicted octanol–water partition coefficient (Wildman–Crippen LogP) is 2.58. The summed E-state index contributed by atoms with van der Waals surface area (Å²) >= 11 is 1.32. The Kier molecular flexibility index (Phi) is 4.75. The molecule has 3 rings (SSSR count). The van der Waals surface area contributed by atoms with Crippen LogP contribution >= 0.6 is 11.3 Å². The summed E-state index contributed by atoms with van der Waals surface area (Å²) in [4.78, 5) is 32.1.